The molecule has 2 heterocycles. The van der Waals surface area contributed by atoms with Crippen LogP contribution in [0, 0.1) is 0 Å². The van der Waals surface area contributed by atoms with E-state index in [4.69, 9.17) is 9.47 Å². The van der Waals surface area contributed by atoms with Crippen molar-refractivity contribution in [2.75, 3.05) is 13.2 Å². The molecule has 0 aliphatic carbocycles. The molecule has 0 bridgehead atoms. The Balaban J connectivity index is 1.39. The topological polar surface area (TPSA) is 43.4 Å². The summed E-state index contributed by atoms with van der Waals surface area (Å²) < 4.78 is 12.8. The Morgan fingerprint density at radius 1 is 1.09 bits per heavy atom. The zero-order valence-corrected chi connectivity index (χ0v) is 13.5. The maximum atomic E-state index is 5.84. The van der Waals surface area contributed by atoms with E-state index in [1.807, 2.05) is 48.5 Å². The van der Waals surface area contributed by atoms with Crippen molar-refractivity contribution >= 4 is 21.6 Å². The Morgan fingerprint density at radius 2 is 1.91 bits per heavy atom. The molecule has 4 rings (SSSR count). The highest BCUT2D eigenvalue weighted by Gasteiger charge is 2.14. The van der Waals surface area contributed by atoms with Gasteiger partial charge in [-0.25, -0.2) is 4.98 Å². The van der Waals surface area contributed by atoms with Gasteiger partial charge in [-0.1, -0.05) is 23.5 Å². The first kappa shape index (κ1) is 14.5. The standard InChI is InChI=1S/C18H18N2O2S/c1-2-6-17-16(5-1)20-18(23-17)22-15-9-7-14(8-10-15)21-12-13-4-3-11-19-13/h1-2,5-10,13,19H,3-4,11-12H2/t13-/m1/s1. The van der Waals surface area contributed by atoms with Gasteiger partial charge in [0.15, 0.2) is 0 Å². The molecule has 1 aliphatic heterocycles. The Kier molecular flexibility index (Phi) is 4.13. The minimum Gasteiger partial charge on any atom is -0.492 e. The SMILES string of the molecule is c1ccc2sc(Oc3ccc(OC[C@H]4CCCN4)cc3)nc2c1. The third kappa shape index (κ3) is 3.46. The van der Waals surface area contributed by atoms with Crippen LogP contribution in [0.4, 0.5) is 0 Å². The Morgan fingerprint density at radius 3 is 2.70 bits per heavy atom. The van der Waals surface area contributed by atoms with Gasteiger partial charge < -0.3 is 14.8 Å². The Hall–Kier alpha value is -2.11. The van der Waals surface area contributed by atoms with Crippen molar-refractivity contribution in [3.63, 3.8) is 0 Å². The number of nitrogens with one attached hydrogen (secondary N) is 1. The second kappa shape index (κ2) is 6.56. The quantitative estimate of drug-likeness (QED) is 0.762. The smallest absolute Gasteiger partial charge is 0.279 e. The van der Waals surface area contributed by atoms with Crippen LogP contribution in [-0.4, -0.2) is 24.2 Å². The van der Waals surface area contributed by atoms with Gasteiger partial charge in [-0.3, -0.25) is 0 Å². The molecule has 0 radical (unpaired) electrons. The Labute approximate surface area is 139 Å². The van der Waals surface area contributed by atoms with E-state index in [9.17, 15) is 0 Å². The molecule has 1 fully saturated rings. The highest BCUT2D eigenvalue weighted by Crippen LogP contribution is 2.31. The molecule has 0 saturated carbocycles. The average Bonchev–Trinajstić information content (AvgIpc) is 3.23. The zero-order chi connectivity index (χ0) is 15.5. The van der Waals surface area contributed by atoms with Crippen LogP contribution in [0.5, 0.6) is 16.7 Å². The lowest BCUT2D eigenvalue weighted by molar-refractivity contribution is 0.277. The molecule has 1 N–H and O–H groups in total. The van der Waals surface area contributed by atoms with E-state index in [2.05, 4.69) is 10.3 Å². The second-order valence-corrected chi connectivity index (χ2v) is 6.62. The predicted octanol–water partition coefficient (Wildman–Crippen LogP) is 4.22. The van der Waals surface area contributed by atoms with Crippen LogP contribution in [0.3, 0.4) is 0 Å². The van der Waals surface area contributed by atoms with E-state index in [-0.39, 0.29) is 0 Å². The number of hydrogen-bond donors (Lipinski definition) is 1. The summed E-state index contributed by atoms with van der Waals surface area (Å²) in [4.78, 5) is 4.48. The molecule has 5 heteroatoms. The number of thiazole rings is 1. The molecule has 0 unspecified atom stereocenters. The number of para-hydroxylation sites is 1. The molecule has 0 amide bonds. The van der Waals surface area contributed by atoms with Crippen molar-refractivity contribution in [1.29, 1.82) is 0 Å². The van der Waals surface area contributed by atoms with Crippen LogP contribution in [-0.2, 0) is 0 Å². The number of rotatable bonds is 5. The molecular weight excluding hydrogens is 308 g/mol. The average molecular weight is 326 g/mol. The minimum atomic E-state index is 0.480. The summed E-state index contributed by atoms with van der Waals surface area (Å²) in [5, 5.41) is 4.09. The van der Waals surface area contributed by atoms with E-state index in [1.54, 1.807) is 11.3 Å². The van der Waals surface area contributed by atoms with Gasteiger partial charge in [-0.15, -0.1) is 0 Å². The largest absolute Gasteiger partial charge is 0.492 e. The molecule has 1 saturated heterocycles. The van der Waals surface area contributed by atoms with Gasteiger partial charge >= 0.3 is 0 Å². The molecule has 1 aromatic heterocycles. The summed E-state index contributed by atoms with van der Waals surface area (Å²) in [7, 11) is 0. The summed E-state index contributed by atoms with van der Waals surface area (Å²) in [6.45, 7) is 1.82. The van der Waals surface area contributed by atoms with Gasteiger partial charge in [-0.2, -0.15) is 0 Å². The number of ether oxygens (including phenoxy) is 2. The lowest BCUT2D eigenvalue weighted by atomic mass is 10.2. The lowest BCUT2D eigenvalue weighted by Gasteiger charge is -2.12. The predicted molar refractivity (Wildman–Crippen MR) is 92.7 cm³/mol. The second-order valence-electron chi connectivity index (χ2n) is 5.63. The summed E-state index contributed by atoms with van der Waals surface area (Å²) >= 11 is 1.55. The molecule has 2 aromatic carbocycles. The van der Waals surface area contributed by atoms with Crippen molar-refractivity contribution < 1.29 is 9.47 Å². The number of nitrogens with zero attached hydrogens (tertiary/aromatic N) is 1. The van der Waals surface area contributed by atoms with E-state index >= 15 is 0 Å². The maximum Gasteiger partial charge on any atom is 0.279 e. The number of fused-ring (bicyclic) bond motifs is 1. The number of hydrogen-bond acceptors (Lipinski definition) is 5. The minimum absolute atomic E-state index is 0.480. The number of benzene rings is 2. The molecule has 118 valence electrons. The van der Waals surface area contributed by atoms with Crippen LogP contribution in [0.1, 0.15) is 12.8 Å². The monoisotopic (exact) mass is 326 g/mol. The third-order valence-electron chi connectivity index (χ3n) is 3.92. The fourth-order valence-corrected chi connectivity index (χ4v) is 3.53. The molecule has 4 nitrogen and oxygen atoms in total. The molecule has 1 aliphatic rings. The van der Waals surface area contributed by atoms with Gasteiger partial charge in [0.05, 0.1) is 10.2 Å². The Bertz CT molecular complexity index is 746. The van der Waals surface area contributed by atoms with Crippen LogP contribution < -0.4 is 14.8 Å². The van der Waals surface area contributed by atoms with Crippen molar-refractivity contribution in [3.8, 4) is 16.7 Å². The van der Waals surface area contributed by atoms with Gasteiger partial charge in [0.25, 0.3) is 5.19 Å². The molecule has 3 aromatic rings. The molecule has 23 heavy (non-hydrogen) atoms. The maximum absolute atomic E-state index is 5.84. The van der Waals surface area contributed by atoms with Crippen LogP contribution in [0.25, 0.3) is 10.2 Å². The van der Waals surface area contributed by atoms with E-state index < -0.39 is 0 Å². The number of aromatic nitrogens is 1. The normalized spacial score (nSPS) is 17.5. The fraction of sp³-hybridized carbons (Fsp3) is 0.278. The fourth-order valence-electron chi connectivity index (χ4n) is 2.70. The van der Waals surface area contributed by atoms with Crippen molar-refractivity contribution in [3.05, 3.63) is 48.5 Å². The third-order valence-corrected chi connectivity index (χ3v) is 4.83. The summed E-state index contributed by atoms with van der Waals surface area (Å²) in [5.74, 6) is 1.64. The van der Waals surface area contributed by atoms with E-state index in [1.165, 1.54) is 12.8 Å². The van der Waals surface area contributed by atoms with Crippen molar-refractivity contribution in [1.82, 2.24) is 10.3 Å². The molecule has 1 atom stereocenters. The van der Waals surface area contributed by atoms with Gasteiger partial charge in [0.2, 0.25) is 0 Å². The van der Waals surface area contributed by atoms with Crippen LogP contribution in [0.2, 0.25) is 0 Å². The zero-order valence-electron chi connectivity index (χ0n) is 12.7. The van der Waals surface area contributed by atoms with Crippen molar-refractivity contribution in [2.24, 2.45) is 0 Å². The first-order chi connectivity index (χ1) is 11.4. The van der Waals surface area contributed by atoms with Crippen LogP contribution in [0.15, 0.2) is 48.5 Å². The first-order valence-electron chi connectivity index (χ1n) is 7.86. The highest BCUT2D eigenvalue weighted by atomic mass is 32.1. The summed E-state index contributed by atoms with van der Waals surface area (Å²) in [6.07, 6.45) is 2.43. The van der Waals surface area contributed by atoms with E-state index in [0.717, 1.165) is 34.9 Å². The van der Waals surface area contributed by atoms with Crippen LogP contribution >= 0.6 is 11.3 Å². The molecular formula is C18H18N2O2S. The summed E-state index contributed by atoms with van der Waals surface area (Å²) in [5.41, 5.74) is 0.969. The first-order valence-corrected chi connectivity index (χ1v) is 8.68. The van der Waals surface area contributed by atoms with E-state index in [0.29, 0.717) is 11.2 Å². The van der Waals surface area contributed by atoms with Gasteiger partial charge in [0.1, 0.15) is 18.1 Å². The summed E-state index contributed by atoms with van der Waals surface area (Å²) in [6, 6.07) is 16.2. The highest BCUT2D eigenvalue weighted by molar-refractivity contribution is 7.20. The molecule has 0 spiro atoms. The van der Waals surface area contributed by atoms with Crippen molar-refractivity contribution in [2.45, 2.75) is 18.9 Å². The lowest BCUT2D eigenvalue weighted by Crippen LogP contribution is -2.28. The van der Waals surface area contributed by atoms with Gasteiger partial charge in [0, 0.05) is 6.04 Å². The van der Waals surface area contributed by atoms with Gasteiger partial charge in [-0.05, 0) is 55.8 Å².